The Morgan fingerprint density at radius 1 is 1.04 bits per heavy atom. The fourth-order valence-electron chi connectivity index (χ4n) is 2.89. The van der Waals surface area contributed by atoms with E-state index in [0.717, 1.165) is 19.3 Å². The van der Waals surface area contributed by atoms with Gasteiger partial charge in [-0.3, -0.25) is 4.79 Å². The van der Waals surface area contributed by atoms with Crippen molar-refractivity contribution < 1.29 is 39.1 Å². The summed E-state index contributed by atoms with van der Waals surface area (Å²) >= 11 is 0. The van der Waals surface area contributed by atoms with E-state index in [1.165, 1.54) is 24.3 Å². The van der Waals surface area contributed by atoms with Crippen molar-refractivity contribution in [2.75, 3.05) is 19.8 Å². The molecule has 5 atom stereocenters. The van der Waals surface area contributed by atoms with Gasteiger partial charge in [-0.05, 0) is 37.1 Å². The van der Waals surface area contributed by atoms with Crippen molar-refractivity contribution in [3.8, 4) is 0 Å². The molecule has 28 heavy (non-hydrogen) atoms. The first kappa shape index (κ1) is 22.7. The standard InChI is InChI=1S/C19H28FNO7/c20-13-7-5-12(6-8-13)18(26)21-9-3-1-2-4-10-27-19-17(25)16(24)15(23)14(11-22)28-19/h5-8,14-17,19,22-25H,1-4,9-11H2,(H,21,26)/t14-,15+,16+,17-,19-/m1/s1/i20-1. The lowest BCUT2D eigenvalue weighted by Gasteiger charge is -2.39. The van der Waals surface area contributed by atoms with Gasteiger partial charge in [0, 0.05) is 18.7 Å². The number of hydrogen-bond acceptors (Lipinski definition) is 7. The average molecular weight is 400 g/mol. The molecular weight excluding hydrogens is 372 g/mol. The fraction of sp³-hybridized carbons (Fsp3) is 0.632. The molecule has 1 aromatic rings. The average Bonchev–Trinajstić information content (AvgIpc) is 2.70. The number of aliphatic hydroxyl groups is 4. The Kier molecular flexibility index (Phi) is 9.23. The number of rotatable bonds is 10. The normalized spacial score (nSPS) is 27.5. The van der Waals surface area contributed by atoms with Crippen LogP contribution < -0.4 is 5.32 Å². The first-order valence-corrected chi connectivity index (χ1v) is 9.40. The maximum absolute atomic E-state index is 12.8. The van der Waals surface area contributed by atoms with E-state index in [0.29, 0.717) is 18.5 Å². The van der Waals surface area contributed by atoms with Gasteiger partial charge >= 0.3 is 0 Å². The fourth-order valence-corrected chi connectivity index (χ4v) is 2.89. The molecule has 9 heteroatoms. The molecule has 158 valence electrons. The largest absolute Gasteiger partial charge is 0.394 e. The highest BCUT2D eigenvalue weighted by Crippen LogP contribution is 2.22. The predicted molar refractivity (Wildman–Crippen MR) is 96.9 cm³/mol. The summed E-state index contributed by atoms with van der Waals surface area (Å²) in [6.45, 7) is 0.294. The molecular formula is C19H28FNO7. The van der Waals surface area contributed by atoms with Gasteiger partial charge in [0.05, 0.1) is 6.61 Å². The number of aliphatic hydroxyl groups excluding tert-OH is 4. The van der Waals surface area contributed by atoms with Gasteiger partial charge in [0.25, 0.3) is 5.91 Å². The van der Waals surface area contributed by atoms with E-state index in [9.17, 15) is 24.5 Å². The zero-order valence-electron chi connectivity index (χ0n) is 15.5. The number of carbonyl (C=O) groups is 1. The Morgan fingerprint density at radius 3 is 2.39 bits per heavy atom. The number of unbranched alkanes of at least 4 members (excludes halogenated alkanes) is 3. The van der Waals surface area contributed by atoms with Gasteiger partial charge in [0.15, 0.2) is 6.29 Å². The summed E-state index contributed by atoms with van der Waals surface area (Å²) in [5.41, 5.74) is 0.411. The molecule has 1 aromatic carbocycles. The predicted octanol–water partition coefficient (Wildman–Crippen LogP) is -0.0676. The van der Waals surface area contributed by atoms with Gasteiger partial charge in [-0.1, -0.05) is 12.8 Å². The minimum absolute atomic E-state index is 0.244. The molecule has 0 bridgehead atoms. The SMILES string of the molecule is O=C(NCCCCCCO[C@@H]1O[C@H](CO)[C@H](O)[C@H](O)[C@H]1O)c1ccc([18F])cc1. The summed E-state index contributed by atoms with van der Waals surface area (Å²) in [5, 5.41) is 41.1. The van der Waals surface area contributed by atoms with Crippen molar-refractivity contribution in [3.63, 3.8) is 0 Å². The van der Waals surface area contributed by atoms with Crippen LogP contribution in [0.15, 0.2) is 24.3 Å². The summed E-state index contributed by atoms with van der Waals surface area (Å²) in [7, 11) is 0. The molecule has 0 spiro atoms. The Labute approximate surface area is 162 Å². The first-order valence-electron chi connectivity index (χ1n) is 9.40. The van der Waals surface area contributed by atoms with Crippen LogP contribution in [-0.2, 0) is 9.47 Å². The number of benzene rings is 1. The van der Waals surface area contributed by atoms with E-state index in [1.807, 2.05) is 0 Å². The lowest BCUT2D eigenvalue weighted by molar-refractivity contribution is -0.301. The molecule has 1 fully saturated rings. The molecule has 0 aromatic heterocycles. The molecule has 0 saturated carbocycles. The zero-order chi connectivity index (χ0) is 20.5. The Hall–Kier alpha value is -1.62. The molecule has 1 amide bonds. The highest BCUT2D eigenvalue weighted by molar-refractivity contribution is 5.94. The summed E-state index contributed by atoms with van der Waals surface area (Å²) in [6, 6.07) is 5.34. The monoisotopic (exact) mass is 400 g/mol. The van der Waals surface area contributed by atoms with Gasteiger partial charge in [-0.15, -0.1) is 0 Å². The second kappa shape index (κ2) is 11.4. The summed E-state index contributed by atoms with van der Waals surface area (Å²) in [4.78, 5) is 11.9. The van der Waals surface area contributed by atoms with Gasteiger partial charge in [-0.25, -0.2) is 4.39 Å². The Balaban J connectivity index is 1.54. The summed E-state index contributed by atoms with van der Waals surface area (Å²) in [6.07, 6.45) is -3.19. The van der Waals surface area contributed by atoms with Crippen LogP contribution in [0.1, 0.15) is 36.0 Å². The molecule has 8 nitrogen and oxygen atoms in total. The number of nitrogens with one attached hydrogen (secondary N) is 1. The van der Waals surface area contributed by atoms with Crippen molar-refractivity contribution in [3.05, 3.63) is 35.6 Å². The third-order valence-corrected chi connectivity index (χ3v) is 4.59. The number of carbonyl (C=O) groups excluding carboxylic acids is 1. The van der Waals surface area contributed by atoms with Crippen LogP contribution >= 0.6 is 0 Å². The van der Waals surface area contributed by atoms with Crippen molar-refractivity contribution in [2.24, 2.45) is 0 Å². The number of halogens is 1. The maximum atomic E-state index is 12.8. The van der Waals surface area contributed by atoms with E-state index in [-0.39, 0.29) is 18.3 Å². The second-order valence-corrected chi connectivity index (χ2v) is 6.75. The molecule has 1 aliphatic heterocycles. The van der Waals surface area contributed by atoms with Crippen molar-refractivity contribution in [1.29, 1.82) is 0 Å². The number of ether oxygens (including phenoxy) is 2. The van der Waals surface area contributed by atoms with Crippen LogP contribution in [0.25, 0.3) is 0 Å². The molecule has 0 unspecified atom stereocenters. The molecule has 0 radical (unpaired) electrons. The van der Waals surface area contributed by atoms with Gasteiger partial charge < -0.3 is 35.2 Å². The van der Waals surface area contributed by atoms with E-state index >= 15 is 0 Å². The molecule has 1 heterocycles. The van der Waals surface area contributed by atoms with Gasteiger partial charge in [-0.2, -0.15) is 0 Å². The van der Waals surface area contributed by atoms with E-state index < -0.39 is 37.3 Å². The molecule has 1 aliphatic rings. The number of hydrogen-bond donors (Lipinski definition) is 5. The lowest BCUT2D eigenvalue weighted by atomic mass is 9.99. The third kappa shape index (κ3) is 6.47. The van der Waals surface area contributed by atoms with E-state index in [4.69, 9.17) is 14.6 Å². The number of amides is 1. The Morgan fingerprint density at radius 2 is 1.71 bits per heavy atom. The van der Waals surface area contributed by atoms with Crippen LogP contribution in [0, 0.1) is 5.82 Å². The highest BCUT2D eigenvalue weighted by atomic mass is 18.2. The van der Waals surface area contributed by atoms with Crippen molar-refractivity contribution in [1.82, 2.24) is 5.32 Å². The summed E-state index contributed by atoms with van der Waals surface area (Å²) in [5.74, 6) is -0.631. The molecule has 2 rings (SSSR count). The van der Waals surface area contributed by atoms with Crippen LogP contribution in [0.5, 0.6) is 0 Å². The van der Waals surface area contributed by atoms with Gasteiger partial charge in [0.1, 0.15) is 30.2 Å². The maximum Gasteiger partial charge on any atom is 0.251 e. The molecule has 5 N–H and O–H groups in total. The second-order valence-electron chi connectivity index (χ2n) is 6.75. The van der Waals surface area contributed by atoms with Crippen LogP contribution in [-0.4, -0.2) is 76.8 Å². The molecule has 0 aliphatic carbocycles. The topological polar surface area (TPSA) is 128 Å². The smallest absolute Gasteiger partial charge is 0.251 e. The van der Waals surface area contributed by atoms with Crippen molar-refractivity contribution >= 4 is 5.91 Å². The highest BCUT2D eigenvalue weighted by Gasteiger charge is 2.43. The molecule has 1 saturated heterocycles. The zero-order valence-corrected chi connectivity index (χ0v) is 15.5. The van der Waals surface area contributed by atoms with Crippen LogP contribution in [0.3, 0.4) is 0 Å². The first-order chi connectivity index (χ1) is 13.4. The lowest BCUT2D eigenvalue weighted by Crippen LogP contribution is -2.59. The minimum Gasteiger partial charge on any atom is -0.394 e. The minimum atomic E-state index is -1.44. The van der Waals surface area contributed by atoms with Crippen molar-refractivity contribution in [2.45, 2.75) is 56.4 Å². The van der Waals surface area contributed by atoms with Gasteiger partial charge in [0.2, 0.25) is 0 Å². The quantitative estimate of drug-likeness (QED) is 0.348. The summed E-state index contributed by atoms with van der Waals surface area (Å²) < 4.78 is 23.5. The third-order valence-electron chi connectivity index (χ3n) is 4.59. The Bertz CT molecular complexity index is 598. The van der Waals surface area contributed by atoms with Crippen LogP contribution in [0.4, 0.5) is 4.39 Å². The van der Waals surface area contributed by atoms with Crippen LogP contribution in [0.2, 0.25) is 0 Å². The van der Waals surface area contributed by atoms with E-state index in [2.05, 4.69) is 5.32 Å². The van der Waals surface area contributed by atoms with E-state index in [1.54, 1.807) is 0 Å².